The van der Waals surface area contributed by atoms with E-state index in [2.05, 4.69) is 32.8 Å². The number of morpholine rings is 1. The van der Waals surface area contributed by atoms with Crippen LogP contribution in [0.25, 0.3) is 6.08 Å². The molecule has 42 heavy (non-hydrogen) atoms. The average molecular weight is 583 g/mol. The minimum Gasteiger partial charge on any atom is -0.397 e. The maximum Gasteiger partial charge on any atom is 0.417 e. The molecule has 0 radical (unpaired) electrons. The standard InChI is InChI=1S/C30H33F3N6O3/c1-20-19-42-17-16-39(20)15-14-35-28(29(41)38-26-12-11-23(18-36-26)30(31,32)33)22-9-6-21(7-10-22)8-13-27(40)37-25-5-3-2-4-24(25)34/h2-13,18,20,28,35H,14-17,19,34H2,1H3,(H,37,40)(H,36,38,41)/b13-8+. The van der Waals surface area contributed by atoms with Gasteiger partial charge in [0.05, 0.1) is 30.2 Å². The summed E-state index contributed by atoms with van der Waals surface area (Å²) >= 11 is 0. The van der Waals surface area contributed by atoms with E-state index < -0.39 is 23.7 Å². The fourth-order valence-electron chi connectivity index (χ4n) is 4.40. The van der Waals surface area contributed by atoms with E-state index in [9.17, 15) is 22.8 Å². The fraction of sp³-hybridized carbons (Fsp3) is 0.300. The van der Waals surface area contributed by atoms with Crippen molar-refractivity contribution >= 4 is 35.1 Å². The lowest BCUT2D eigenvalue weighted by atomic mass is 10.0. The van der Waals surface area contributed by atoms with Crippen LogP contribution in [0.2, 0.25) is 0 Å². The number of nitrogen functional groups attached to an aromatic ring is 1. The number of anilines is 3. The molecular formula is C30H33F3N6O3. The third-order valence-corrected chi connectivity index (χ3v) is 6.77. The third kappa shape index (κ3) is 8.62. The van der Waals surface area contributed by atoms with Crippen molar-refractivity contribution in [3.05, 3.63) is 89.6 Å². The van der Waals surface area contributed by atoms with Crippen molar-refractivity contribution in [3.63, 3.8) is 0 Å². The summed E-state index contributed by atoms with van der Waals surface area (Å²) in [6.45, 7) is 5.28. The Kier molecular flexibility index (Phi) is 10.3. The molecule has 2 aromatic carbocycles. The number of nitrogens with one attached hydrogen (secondary N) is 3. The number of nitrogens with two attached hydrogens (primary N) is 1. The largest absolute Gasteiger partial charge is 0.417 e. The highest BCUT2D eigenvalue weighted by atomic mass is 19.4. The van der Waals surface area contributed by atoms with Gasteiger partial charge in [-0.25, -0.2) is 4.98 Å². The molecule has 3 aromatic rings. The molecule has 9 nitrogen and oxygen atoms in total. The zero-order valence-electron chi connectivity index (χ0n) is 23.0. The van der Waals surface area contributed by atoms with E-state index in [0.717, 1.165) is 24.2 Å². The number of carbonyl (C=O) groups excluding carboxylic acids is 2. The first kappa shape index (κ1) is 30.7. The second kappa shape index (κ2) is 14.1. The van der Waals surface area contributed by atoms with Crippen LogP contribution in [0.4, 0.5) is 30.4 Å². The normalized spacial score (nSPS) is 16.7. The third-order valence-electron chi connectivity index (χ3n) is 6.77. The number of ether oxygens (including phenoxy) is 1. The summed E-state index contributed by atoms with van der Waals surface area (Å²) < 4.78 is 44.2. The molecule has 1 fully saturated rings. The topological polar surface area (TPSA) is 122 Å². The lowest BCUT2D eigenvalue weighted by molar-refractivity contribution is -0.137. The van der Waals surface area contributed by atoms with Crippen molar-refractivity contribution in [2.45, 2.75) is 25.2 Å². The van der Waals surface area contributed by atoms with E-state index in [4.69, 9.17) is 10.5 Å². The predicted molar refractivity (Wildman–Crippen MR) is 155 cm³/mol. The van der Waals surface area contributed by atoms with Crippen LogP contribution in [-0.4, -0.2) is 60.6 Å². The molecule has 2 unspecified atom stereocenters. The second-order valence-electron chi connectivity index (χ2n) is 9.84. The Labute approximate surface area is 241 Å². The predicted octanol–water partition coefficient (Wildman–Crippen LogP) is 4.32. The summed E-state index contributed by atoms with van der Waals surface area (Å²) in [5.41, 5.74) is 7.28. The number of aromatic nitrogens is 1. The quantitative estimate of drug-likeness (QED) is 0.208. The molecule has 222 valence electrons. The summed E-state index contributed by atoms with van der Waals surface area (Å²) in [7, 11) is 0. The SMILES string of the molecule is CC1COCCN1CCNC(C(=O)Nc1ccc(C(F)(F)F)cn1)c1ccc(/C=C/C(=O)Nc2ccccc2N)cc1. The highest BCUT2D eigenvalue weighted by Crippen LogP contribution is 2.29. The van der Waals surface area contributed by atoms with Gasteiger partial charge in [-0.2, -0.15) is 13.2 Å². The first-order valence-corrected chi connectivity index (χ1v) is 13.4. The first-order valence-electron chi connectivity index (χ1n) is 13.4. The van der Waals surface area contributed by atoms with Crippen molar-refractivity contribution in [1.82, 2.24) is 15.2 Å². The van der Waals surface area contributed by atoms with Gasteiger partial charge in [-0.15, -0.1) is 0 Å². The molecule has 0 saturated carbocycles. The van der Waals surface area contributed by atoms with Crippen LogP contribution >= 0.6 is 0 Å². The molecule has 5 N–H and O–H groups in total. The van der Waals surface area contributed by atoms with Crippen molar-refractivity contribution in [3.8, 4) is 0 Å². The van der Waals surface area contributed by atoms with Crippen LogP contribution in [0.5, 0.6) is 0 Å². The maximum absolute atomic E-state index is 13.3. The van der Waals surface area contributed by atoms with Gasteiger partial charge in [0.15, 0.2) is 0 Å². The van der Waals surface area contributed by atoms with Crippen LogP contribution in [0.3, 0.4) is 0 Å². The molecule has 12 heteroatoms. The van der Waals surface area contributed by atoms with Gasteiger partial charge in [-0.3, -0.25) is 14.5 Å². The Bertz CT molecular complexity index is 1380. The smallest absolute Gasteiger partial charge is 0.397 e. The van der Waals surface area contributed by atoms with E-state index >= 15 is 0 Å². The Morgan fingerprint density at radius 3 is 2.55 bits per heavy atom. The minimum absolute atomic E-state index is 0.00576. The van der Waals surface area contributed by atoms with Gasteiger partial charge >= 0.3 is 6.18 Å². The molecule has 1 aromatic heterocycles. The summed E-state index contributed by atoms with van der Waals surface area (Å²) in [4.78, 5) is 31.6. The Balaban J connectivity index is 1.44. The van der Waals surface area contributed by atoms with E-state index in [-0.39, 0.29) is 17.8 Å². The first-order chi connectivity index (χ1) is 20.1. The minimum atomic E-state index is -4.53. The number of amides is 2. The summed E-state index contributed by atoms with van der Waals surface area (Å²) in [5.74, 6) is -0.816. The molecule has 1 aliphatic rings. The number of nitrogens with zero attached hydrogens (tertiary/aromatic N) is 2. The fourth-order valence-corrected chi connectivity index (χ4v) is 4.40. The molecule has 2 heterocycles. The molecule has 4 rings (SSSR count). The Hall–Kier alpha value is -4.26. The molecule has 2 amide bonds. The summed E-state index contributed by atoms with van der Waals surface area (Å²) in [6, 6.07) is 15.4. The summed E-state index contributed by atoms with van der Waals surface area (Å²) in [5, 5.41) is 8.59. The van der Waals surface area contributed by atoms with Gasteiger partial charge in [0.2, 0.25) is 11.8 Å². The maximum atomic E-state index is 13.3. The van der Waals surface area contributed by atoms with Crippen molar-refractivity contribution in [2.75, 3.05) is 49.2 Å². The van der Waals surface area contributed by atoms with Gasteiger partial charge in [0.1, 0.15) is 11.9 Å². The highest BCUT2D eigenvalue weighted by molar-refractivity contribution is 6.03. The number of hydrogen-bond donors (Lipinski definition) is 4. The van der Waals surface area contributed by atoms with Gasteiger partial charge in [-0.1, -0.05) is 36.4 Å². The number of rotatable bonds is 10. The molecule has 2 atom stereocenters. The Morgan fingerprint density at radius 1 is 1.12 bits per heavy atom. The van der Waals surface area contributed by atoms with Crippen LogP contribution in [-0.2, 0) is 20.5 Å². The highest BCUT2D eigenvalue weighted by Gasteiger charge is 2.31. The van der Waals surface area contributed by atoms with Crippen LogP contribution in [0.1, 0.15) is 29.7 Å². The van der Waals surface area contributed by atoms with Gasteiger partial charge in [0.25, 0.3) is 0 Å². The number of para-hydroxylation sites is 2. The second-order valence-corrected chi connectivity index (χ2v) is 9.84. The van der Waals surface area contributed by atoms with Crippen molar-refractivity contribution in [1.29, 1.82) is 0 Å². The van der Waals surface area contributed by atoms with E-state index in [1.165, 1.54) is 6.08 Å². The van der Waals surface area contributed by atoms with E-state index in [1.807, 2.05) is 0 Å². The zero-order chi connectivity index (χ0) is 30.1. The van der Waals surface area contributed by atoms with Crippen LogP contribution < -0.4 is 21.7 Å². The van der Waals surface area contributed by atoms with Gasteiger partial charge in [-0.05, 0) is 48.4 Å². The monoisotopic (exact) mass is 582 g/mol. The number of pyridine rings is 1. The number of hydrogen-bond acceptors (Lipinski definition) is 7. The van der Waals surface area contributed by atoms with Crippen LogP contribution in [0.15, 0.2) is 72.9 Å². The molecule has 0 spiro atoms. The number of alkyl halides is 3. The Morgan fingerprint density at radius 2 is 1.88 bits per heavy atom. The zero-order valence-corrected chi connectivity index (χ0v) is 23.0. The van der Waals surface area contributed by atoms with Gasteiger partial charge in [0, 0.05) is 37.9 Å². The molecule has 1 saturated heterocycles. The molecule has 0 aliphatic carbocycles. The molecular weight excluding hydrogens is 549 g/mol. The number of halogens is 3. The summed E-state index contributed by atoms with van der Waals surface area (Å²) in [6.07, 6.45) is -0.834. The van der Waals surface area contributed by atoms with E-state index in [1.54, 1.807) is 54.6 Å². The van der Waals surface area contributed by atoms with Crippen molar-refractivity contribution in [2.24, 2.45) is 0 Å². The average Bonchev–Trinajstić information content (AvgIpc) is 2.96. The van der Waals surface area contributed by atoms with Crippen molar-refractivity contribution < 1.29 is 27.5 Å². The number of carbonyl (C=O) groups is 2. The van der Waals surface area contributed by atoms with E-state index in [0.29, 0.717) is 49.4 Å². The molecule has 0 bridgehead atoms. The molecule has 1 aliphatic heterocycles. The van der Waals surface area contributed by atoms with Gasteiger partial charge < -0.3 is 26.4 Å². The van der Waals surface area contributed by atoms with Crippen LogP contribution in [0, 0.1) is 0 Å². The lowest BCUT2D eigenvalue weighted by Crippen LogP contribution is -2.47. The lowest BCUT2D eigenvalue weighted by Gasteiger charge is -2.33. The number of benzene rings is 2.